The standard InChI is InChI=1S/C18H16BrN3O3/c1-10(11-5-7-13(8-6-11)22-18(20)24)21-17(23)15-9-12-3-2-4-14(19)16(12)25-15/h2-10H,1H3,(H,21,23)(H3,20,22,24). The molecule has 0 aliphatic rings. The third kappa shape index (κ3) is 3.83. The van der Waals surface area contributed by atoms with E-state index in [0.29, 0.717) is 11.3 Å². The van der Waals surface area contributed by atoms with Crippen LogP contribution in [-0.2, 0) is 0 Å². The lowest BCUT2D eigenvalue weighted by atomic mass is 10.1. The number of nitrogens with two attached hydrogens (primary N) is 1. The number of urea groups is 1. The summed E-state index contributed by atoms with van der Waals surface area (Å²) in [4.78, 5) is 23.3. The number of nitrogens with one attached hydrogen (secondary N) is 2. The second-order valence-corrected chi connectivity index (χ2v) is 6.43. The van der Waals surface area contributed by atoms with Crippen LogP contribution in [0.15, 0.2) is 57.4 Å². The lowest BCUT2D eigenvalue weighted by Gasteiger charge is -2.14. The van der Waals surface area contributed by atoms with Crippen molar-refractivity contribution in [1.29, 1.82) is 0 Å². The maximum absolute atomic E-state index is 12.4. The molecule has 3 amide bonds. The molecule has 128 valence electrons. The van der Waals surface area contributed by atoms with Crippen molar-refractivity contribution < 1.29 is 14.0 Å². The maximum atomic E-state index is 12.4. The summed E-state index contributed by atoms with van der Waals surface area (Å²) in [6.07, 6.45) is 0. The molecule has 3 aromatic rings. The molecule has 3 rings (SSSR count). The van der Waals surface area contributed by atoms with Gasteiger partial charge in [0.05, 0.1) is 10.5 Å². The Kier molecular flexibility index (Phi) is 4.76. The first-order valence-electron chi connectivity index (χ1n) is 7.59. The molecule has 0 saturated carbocycles. The summed E-state index contributed by atoms with van der Waals surface area (Å²) in [6.45, 7) is 1.87. The number of halogens is 1. The van der Waals surface area contributed by atoms with E-state index in [1.807, 2.05) is 37.3 Å². The molecule has 0 aliphatic heterocycles. The molecule has 0 radical (unpaired) electrons. The zero-order valence-electron chi connectivity index (χ0n) is 13.4. The third-order valence-electron chi connectivity index (χ3n) is 3.75. The largest absolute Gasteiger partial charge is 0.450 e. The second-order valence-electron chi connectivity index (χ2n) is 5.58. The zero-order chi connectivity index (χ0) is 18.0. The van der Waals surface area contributed by atoms with E-state index in [-0.39, 0.29) is 17.7 Å². The second kappa shape index (κ2) is 6.98. The molecular weight excluding hydrogens is 386 g/mol. The maximum Gasteiger partial charge on any atom is 0.316 e. The summed E-state index contributed by atoms with van der Waals surface area (Å²) in [5, 5.41) is 6.24. The minimum atomic E-state index is -0.620. The van der Waals surface area contributed by atoms with Crippen molar-refractivity contribution in [3.8, 4) is 0 Å². The number of benzene rings is 2. The summed E-state index contributed by atoms with van der Waals surface area (Å²) < 4.78 is 6.44. The van der Waals surface area contributed by atoms with Gasteiger partial charge in [0.15, 0.2) is 5.76 Å². The molecular formula is C18H16BrN3O3. The number of hydrogen-bond acceptors (Lipinski definition) is 3. The lowest BCUT2D eigenvalue weighted by Crippen LogP contribution is -2.26. The van der Waals surface area contributed by atoms with Gasteiger partial charge in [-0.25, -0.2) is 4.79 Å². The van der Waals surface area contributed by atoms with Gasteiger partial charge in [0.25, 0.3) is 5.91 Å². The molecule has 1 unspecified atom stereocenters. The average Bonchev–Trinajstić information content (AvgIpc) is 3.01. The highest BCUT2D eigenvalue weighted by Gasteiger charge is 2.16. The van der Waals surface area contributed by atoms with Crippen molar-refractivity contribution in [1.82, 2.24) is 5.32 Å². The number of anilines is 1. The number of hydrogen-bond donors (Lipinski definition) is 3. The first kappa shape index (κ1) is 17.0. The van der Waals surface area contributed by atoms with Gasteiger partial charge in [0, 0.05) is 11.1 Å². The van der Waals surface area contributed by atoms with Gasteiger partial charge in [0.1, 0.15) is 5.58 Å². The van der Waals surface area contributed by atoms with Crippen molar-refractivity contribution in [3.63, 3.8) is 0 Å². The molecule has 1 heterocycles. The van der Waals surface area contributed by atoms with E-state index in [4.69, 9.17) is 10.2 Å². The molecule has 0 bridgehead atoms. The highest BCUT2D eigenvalue weighted by Crippen LogP contribution is 2.27. The molecule has 4 N–H and O–H groups in total. The zero-order valence-corrected chi connectivity index (χ0v) is 15.0. The Morgan fingerprint density at radius 2 is 1.88 bits per heavy atom. The summed E-state index contributed by atoms with van der Waals surface area (Å²) in [5.41, 5.74) is 7.20. The molecule has 0 fully saturated rings. The van der Waals surface area contributed by atoms with Gasteiger partial charge in [-0.15, -0.1) is 0 Å². The minimum absolute atomic E-state index is 0.230. The van der Waals surface area contributed by atoms with Crippen LogP contribution in [0.25, 0.3) is 11.0 Å². The minimum Gasteiger partial charge on any atom is -0.450 e. The van der Waals surface area contributed by atoms with E-state index in [1.165, 1.54) is 0 Å². The highest BCUT2D eigenvalue weighted by molar-refractivity contribution is 9.10. The predicted molar refractivity (Wildman–Crippen MR) is 99.4 cm³/mol. The van der Waals surface area contributed by atoms with Gasteiger partial charge in [-0.1, -0.05) is 24.3 Å². The fourth-order valence-corrected chi connectivity index (χ4v) is 2.95. The third-order valence-corrected chi connectivity index (χ3v) is 4.37. The summed E-state index contributed by atoms with van der Waals surface area (Å²) >= 11 is 3.41. The van der Waals surface area contributed by atoms with Crippen LogP contribution in [0, 0.1) is 0 Å². The predicted octanol–water partition coefficient (Wildman–Crippen LogP) is 4.18. The number of carbonyl (C=O) groups is 2. The van der Waals surface area contributed by atoms with Crippen LogP contribution in [0.2, 0.25) is 0 Å². The lowest BCUT2D eigenvalue weighted by molar-refractivity contribution is 0.0914. The Bertz CT molecular complexity index is 934. The SMILES string of the molecule is CC(NC(=O)c1cc2cccc(Br)c2o1)c1ccc(NC(N)=O)cc1. The molecule has 2 aromatic carbocycles. The number of para-hydroxylation sites is 1. The van der Waals surface area contributed by atoms with Gasteiger partial charge < -0.3 is 20.8 Å². The van der Waals surface area contributed by atoms with Crippen molar-refractivity contribution >= 4 is 44.5 Å². The van der Waals surface area contributed by atoms with Crippen LogP contribution in [0.1, 0.15) is 29.1 Å². The first-order chi connectivity index (χ1) is 11.9. The molecule has 0 spiro atoms. The quantitative estimate of drug-likeness (QED) is 0.611. The molecule has 0 saturated heterocycles. The Hall–Kier alpha value is -2.80. The summed E-state index contributed by atoms with van der Waals surface area (Å²) in [6, 6.07) is 13.6. The van der Waals surface area contributed by atoms with E-state index >= 15 is 0 Å². The number of carbonyl (C=O) groups excluding carboxylic acids is 2. The molecule has 1 atom stereocenters. The molecule has 6 nitrogen and oxygen atoms in total. The smallest absolute Gasteiger partial charge is 0.316 e. The van der Waals surface area contributed by atoms with Crippen molar-refractivity contribution in [2.45, 2.75) is 13.0 Å². The normalized spacial score (nSPS) is 11.9. The monoisotopic (exact) mass is 401 g/mol. The van der Waals surface area contributed by atoms with E-state index in [1.54, 1.807) is 18.2 Å². The number of primary amides is 1. The summed E-state index contributed by atoms with van der Waals surface area (Å²) in [5.74, 6) is -0.0456. The van der Waals surface area contributed by atoms with E-state index in [9.17, 15) is 9.59 Å². The van der Waals surface area contributed by atoms with Crippen LogP contribution >= 0.6 is 15.9 Å². The highest BCUT2D eigenvalue weighted by atomic mass is 79.9. The fraction of sp³-hybridized carbons (Fsp3) is 0.111. The number of rotatable bonds is 4. The Labute approximate surface area is 152 Å². The van der Waals surface area contributed by atoms with Crippen LogP contribution in [0.4, 0.5) is 10.5 Å². The Balaban J connectivity index is 1.73. The topological polar surface area (TPSA) is 97.4 Å². The van der Waals surface area contributed by atoms with Crippen LogP contribution in [0.5, 0.6) is 0 Å². The van der Waals surface area contributed by atoms with Crippen molar-refractivity contribution in [2.75, 3.05) is 5.32 Å². The van der Waals surface area contributed by atoms with E-state index in [2.05, 4.69) is 26.6 Å². The van der Waals surface area contributed by atoms with Gasteiger partial charge in [-0.3, -0.25) is 4.79 Å². The van der Waals surface area contributed by atoms with Crippen molar-refractivity contribution in [3.05, 3.63) is 64.3 Å². The molecule has 25 heavy (non-hydrogen) atoms. The molecule has 7 heteroatoms. The summed E-state index contributed by atoms with van der Waals surface area (Å²) in [7, 11) is 0. The van der Waals surface area contributed by atoms with E-state index in [0.717, 1.165) is 15.4 Å². The van der Waals surface area contributed by atoms with E-state index < -0.39 is 6.03 Å². The number of fused-ring (bicyclic) bond motifs is 1. The van der Waals surface area contributed by atoms with Gasteiger partial charge in [-0.2, -0.15) is 0 Å². The number of furan rings is 1. The Morgan fingerprint density at radius 3 is 2.52 bits per heavy atom. The first-order valence-corrected chi connectivity index (χ1v) is 8.38. The number of amides is 3. The van der Waals surface area contributed by atoms with Gasteiger partial charge in [-0.05, 0) is 52.7 Å². The van der Waals surface area contributed by atoms with Crippen LogP contribution in [-0.4, -0.2) is 11.9 Å². The Morgan fingerprint density at radius 1 is 1.16 bits per heavy atom. The average molecular weight is 402 g/mol. The van der Waals surface area contributed by atoms with Gasteiger partial charge in [0.2, 0.25) is 0 Å². The fourth-order valence-electron chi connectivity index (χ4n) is 2.49. The van der Waals surface area contributed by atoms with Crippen LogP contribution < -0.4 is 16.4 Å². The molecule has 0 aliphatic carbocycles. The van der Waals surface area contributed by atoms with Crippen molar-refractivity contribution in [2.24, 2.45) is 5.73 Å². The van der Waals surface area contributed by atoms with Gasteiger partial charge >= 0.3 is 6.03 Å². The van der Waals surface area contributed by atoms with Crippen LogP contribution in [0.3, 0.4) is 0 Å². The molecule has 1 aromatic heterocycles.